The quantitative estimate of drug-likeness (QED) is 0.127. The van der Waals surface area contributed by atoms with E-state index < -0.39 is 45.0 Å². The van der Waals surface area contributed by atoms with Gasteiger partial charge in [-0.05, 0) is 85.3 Å². The van der Waals surface area contributed by atoms with E-state index in [0.717, 1.165) is 43.3 Å². The third kappa shape index (κ3) is 8.89. The molecule has 1 atom stereocenters. The van der Waals surface area contributed by atoms with Crippen LogP contribution in [0.15, 0.2) is 77.8 Å². The van der Waals surface area contributed by atoms with Crippen LogP contribution in [0.25, 0.3) is 0 Å². The number of anilines is 3. The summed E-state index contributed by atoms with van der Waals surface area (Å²) < 4.78 is 80.1. The topological polar surface area (TPSA) is 133 Å². The fourth-order valence-electron chi connectivity index (χ4n) is 6.45. The summed E-state index contributed by atoms with van der Waals surface area (Å²) in [5.74, 6) is -2.11. The number of rotatable bonds is 10. The van der Waals surface area contributed by atoms with Crippen molar-refractivity contribution >= 4 is 39.1 Å². The van der Waals surface area contributed by atoms with E-state index in [1.54, 1.807) is 12.1 Å². The normalized spacial score (nSPS) is 17.6. The second-order valence-corrected chi connectivity index (χ2v) is 14.9. The van der Waals surface area contributed by atoms with E-state index in [-0.39, 0.29) is 29.7 Å². The first-order valence-electron chi connectivity index (χ1n) is 16.4. The van der Waals surface area contributed by atoms with Gasteiger partial charge in [-0.1, -0.05) is 36.4 Å². The number of alkyl halides is 3. The molecule has 2 aliphatic rings. The molecule has 1 aromatic heterocycles. The first-order valence-corrected chi connectivity index (χ1v) is 18.3. The lowest BCUT2D eigenvalue weighted by molar-refractivity contribution is -0.137. The molecule has 15 heteroatoms. The van der Waals surface area contributed by atoms with Crippen LogP contribution in [0.1, 0.15) is 65.3 Å². The van der Waals surface area contributed by atoms with E-state index in [0.29, 0.717) is 41.9 Å². The molecule has 3 N–H and O–H groups in total. The number of likely N-dealkylation sites (tertiary alicyclic amines) is 1. The van der Waals surface area contributed by atoms with Gasteiger partial charge in [-0.3, -0.25) is 19.8 Å². The fourth-order valence-corrected chi connectivity index (χ4v) is 7.14. The van der Waals surface area contributed by atoms with E-state index in [2.05, 4.69) is 30.8 Å². The Balaban J connectivity index is 1.04. The summed E-state index contributed by atoms with van der Waals surface area (Å²) in [6.45, 7) is 2.08. The van der Waals surface area contributed by atoms with Gasteiger partial charge in [-0.25, -0.2) is 17.8 Å². The van der Waals surface area contributed by atoms with E-state index >= 15 is 0 Å². The van der Waals surface area contributed by atoms with Gasteiger partial charge in [0.1, 0.15) is 17.2 Å². The summed E-state index contributed by atoms with van der Waals surface area (Å²) in [6.07, 6.45) is -0.714. The number of sulfone groups is 1. The van der Waals surface area contributed by atoms with Gasteiger partial charge in [-0.15, -0.1) is 0 Å². The number of hydrogen-bond donors (Lipinski definition) is 3. The summed E-state index contributed by atoms with van der Waals surface area (Å²) >= 11 is 0. The molecule has 0 aliphatic carbocycles. The highest BCUT2D eigenvalue weighted by molar-refractivity contribution is 7.90. The standard InChI is InChI=1S/C36H36F4N6O4S/c1-51(49,50)27-4-2-3-22(17-27)19-41-33-30(36(38,39)40)20-42-35(45-33)43-26-8-6-24(7-9-26)25-13-15-46(16-14-25)21-23-5-10-28(31(37)18-23)29-11-12-32(47)44-34(29)48/h2-10,17-18,20,25,29H,11-16,19,21H2,1H3,(H,44,47,48)(H2,41,42,43,45). The molecule has 2 amide bonds. The Morgan fingerprint density at radius 2 is 1.71 bits per heavy atom. The van der Waals surface area contributed by atoms with Crippen molar-refractivity contribution in [1.29, 1.82) is 0 Å². The number of imide groups is 1. The molecule has 0 saturated carbocycles. The van der Waals surface area contributed by atoms with E-state index in [9.17, 15) is 35.6 Å². The van der Waals surface area contributed by atoms with Crippen molar-refractivity contribution in [2.24, 2.45) is 0 Å². The molecule has 1 unspecified atom stereocenters. The molecule has 3 heterocycles. The number of carbonyl (C=O) groups excluding carboxylic acids is 2. The van der Waals surface area contributed by atoms with Crippen molar-refractivity contribution in [1.82, 2.24) is 20.2 Å². The number of aromatic nitrogens is 2. The zero-order valence-electron chi connectivity index (χ0n) is 27.6. The molecule has 2 aliphatic heterocycles. The monoisotopic (exact) mass is 724 g/mol. The Bertz CT molecular complexity index is 2030. The highest BCUT2D eigenvalue weighted by Gasteiger charge is 2.35. The van der Waals surface area contributed by atoms with Crippen LogP contribution >= 0.6 is 0 Å². The van der Waals surface area contributed by atoms with Gasteiger partial charge in [0.2, 0.25) is 17.8 Å². The van der Waals surface area contributed by atoms with E-state index in [4.69, 9.17) is 0 Å². The Morgan fingerprint density at radius 3 is 2.37 bits per heavy atom. The molecular formula is C36H36F4N6O4S. The SMILES string of the molecule is CS(=O)(=O)c1cccc(CNc2nc(Nc3ccc(C4CCN(Cc5ccc(C6CCC(=O)NC6=O)c(F)c5)CC4)cc3)ncc2C(F)(F)F)c1. The van der Waals surface area contributed by atoms with Crippen molar-refractivity contribution < 1.29 is 35.6 Å². The van der Waals surface area contributed by atoms with Crippen molar-refractivity contribution in [3.63, 3.8) is 0 Å². The number of carbonyl (C=O) groups is 2. The highest BCUT2D eigenvalue weighted by atomic mass is 32.2. The summed E-state index contributed by atoms with van der Waals surface area (Å²) in [4.78, 5) is 33.9. The lowest BCUT2D eigenvalue weighted by Crippen LogP contribution is -2.39. The van der Waals surface area contributed by atoms with Gasteiger partial charge >= 0.3 is 6.18 Å². The number of nitrogens with zero attached hydrogens (tertiary/aromatic N) is 3. The minimum Gasteiger partial charge on any atom is -0.365 e. The molecule has 2 saturated heterocycles. The minimum absolute atomic E-state index is 0.0435. The molecule has 0 spiro atoms. The van der Waals surface area contributed by atoms with Gasteiger partial charge in [0.15, 0.2) is 9.84 Å². The van der Waals surface area contributed by atoms with Gasteiger partial charge in [0.25, 0.3) is 0 Å². The first-order chi connectivity index (χ1) is 24.2. The van der Waals surface area contributed by atoms with Crippen LogP contribution in [0.2, 0.25) is 0 Å². The van der Waals surface area contributed by atoms with Gasteiger partial charge < -0.3 is 10.6 Å². The van der Waals surface area contributed by atoms with Crippen molar-refractivity contribution in [2.75, 3.05) is 30.0 Å². The van der Waals surface area contributed by atoms with E-state index in [1.165, 1.54) is 24.3 Å². The number of benzene rings is 3. The average molecular weight is 725 g/mol. The summed E-state index contributed by atoms with van der Waals surface area (Å²) in [5.41, 5.74) is 2.23. The van der Waals surface area contributed by atoms with Crippen molar-refractivity contribution in [2.45, 2.75) is 61.7 Å². The summed E-state index contributed by atoms with van der Waals surface area (Å²) in [5, 5.41) is 7.92. The van der Waals surface area contributed by atoms with Crippen LogP contribution < -0.4 is 16.0 Å². The Labute approximate surface area is 292 Å². The second kappa shape index (κ2) is 14.8. The molecule has 6 rings (SSSR count). The predicted molar refractivity (Wildman–Crippen MR) is 182 cm³/mol. The van der Waals surface area contributed by atoms with Gasteiger partial charge in [-0.2, -0.15) is 18.2 Å². The van der Waals surface area contributed by atoms with Crippen molar-refractivity contribution in [3.8, 4) is 0 Å². The Kier molecular flexibility index (Phi) is 10.4. The maximum Gasteiger partial charge on any atom is 0.421 e. The predicted octanol–water partition coefficient (Wildman–Crippen LogP) is 6.29. The molecule has 51 heavy (non-hydrogen) atoms. The zero-order chi connectivity index (χ0) is 36.3. The average Bonchev–Trinajstić information content (AvgIpc) is 3.08. The molecule has 0 bridgehead atoms. The van der Waals surface area contributed by atoms with E-state index in [1.807, 2.05) is 30.3 Å². The van der Waals surface area contributed by atoms with Crippen LogP contribution in [0.4, 0.5) is 35.0 Å². The largest absolute Gasteiger partial charge is 0.421 e. The third-order valence-corrected chi connectivity index (χ3v) is 10.3. The fraction of sp³-hybridized carbons (Fsp3) is 0.333. The number of hydrogen-bond acceptors (Lipinski definition) is 9. The second-order valence-electron chi connectivity index (χ2n) is 12.9. The Hall–Kier alpha value is -4.89. The van der Waals surface area contributed by atoms with Crippen molar-refractivity contribution in [3.05, 3.63) is 107 Å². The number of piperidine rings is 2. The number of amides is 2. The van der Waals surface area contributed by atoms with Crippen LogP contribution in [0, 0.1) is 5.82 Å². The summed E-state index contributed by atoms with van der Waals surface area (Å²) in [7, 11) is -3.49. The zero-order valence-corrected chi connectivity index (χ0v) is 28.5. The Morgan fingerprint density at radius 1 is 0.961 bits per heavy atom. The van der Waals surface area contributed by atoms with Gasteiger partial charge in [0.05, 0.1) is 10.8 Å². The lowest BCUT2D eigenvalue weighted by atomic mass is 9.88. The maximum absolute atomic E-state index is 15.0. The summed E-state index contributed by atoms with van der Waals surface area (Å²) in [6, 6.07) is 18.4. The molecule has 10 nitrogen and oxygen atoms in total. The highest BCUT2D eigenvalue weighted by Crippen LogP contribution is 2.35. The molecule has 268 valence electrons. The third-order valence-electron chi connectivity index (χ3n) is 9.19. The van der Waals surface area contributed by atoms with Crippen LogP contribution in [0.5, 0.6) is 0 Å². The smallest absolute Gasteiger partial charge is 0.365 e. The van der Waals surface area contributed by atoms with Gasteiger partial charge in [0, 0.05) is 43.2 Å². The maximum atomic E-state index is 15.0. The first kappa shape index (κ1) is 35.9. The number of nitrogens with one attached hydrogen (secondary N) is 3. The minimum atomic E-state index is -4.72. The lowest BCUT2D eigenvalue weighted by Gasteiger charge is -2.32. The van der Waals surface area contributed by atoms with Crippen LogP contribution in [-0.4, -0.2) is 54.4 Å². The molecule has 2 fully saturated rings. The molecular weight excluding hydrogens is 688 g/mol. The van der Waals surface area contributed by atoms with Crippen LogP contribution in [-0.2, 0) is 38.7 Å². The molecule has 0 radical (unpaired) electrons. The number of halogens is 4. The molecule has 4 aromatic rings. The van der Waals surface area contributed by atoms with Crippen LogP contribution in [0.3, 0.4) is 0 Å². The molecule has 3 aromatic carbocycles.